The molecular formula is C23H27N5O2S. The van der Waals surface area contributed by atoms with Crippen molar-refractivity contribution in [3.63, 3.8) is 0 Å². The summed E-state index contributed by atoms with van der Waals surface area (Å²) in [5.41, 5.74) is 2.29. The topological polar surface area (TPSA) is 80.2 Å². The van der Waals surface area contributed by atoms with Crippen LogP contribution in [0, 0.1) is 19.8 Å². The van der Waals surface area contributed by atoms with E-state index in [-0.39, 0.29) is 11.8 Å². The number of anilines is 2. The predicted molar refractivity (Wildman–Crippen MR) is 123 cm³/mol. The van der Waals surface area contributed by atoms with Gasteiger partial charge in [0, 0.05) is 25.7 Å². The maximum atomic E-state index is 12.8. The Labute approximate surface area is 186 Å². The lowest BCUT2D eigenvalue weighted by molar-refractivity contribution is -0.120. The highest BCUT2D eigenvalue weighted by molar-refractivity contribution is 7.15. The van der Waals surface area contributed by atoms with Gasteiger partial charge in [-0.2, -0.15) is 0 Å². The number of hydrogen-bond acceptors (Lipinski definition) is 7. The van der Waals surface area contributed by atoms with E-state index in [1.54, 1.807) is 6.20 Å². The number of rotatable bonds is 7. The lowest BCUT2D eigenvalue weighted by Crippen LogP contribution is -2.41. The number of aromatic nitrogens is 3. The van der Waals surface area contributed by atoms with Gasteiger partial charge in [0.05, 0.1) is 12.5 Å². The highest BCUT2D eigenvalue weighted by atomic mass is 32.1. The molecule has 0 radical (unpaired) electrons. The molecule has 3 aromatic rings. The molecule has 162 valence electrons. The van der Waals surface area contributed by atoms with E-state index in [2.05, 4.69) is 37.5 Å². The van der Waals surface area contributed by atoms with Crippen LogP contribution in [0.2, 0.25) is 0 Å². The van der Waals surface area contributed by atoms with Crippen molar-refractivity contribution in [3.05, 3.63) is 58.7 Å². The lowest BCUT2D eigenvalue weighted by Gasteiger charge is -2.32. The molecule has 0 spiro atoms. The minimum absolute atomic E-state index is 0.00466. The first kappa shape index (κ1) is 21.2. The molecule has 3 heterocycles. The fraction of sp³-hybridized carbons (Fsp3) is 0.391. The first-order chi connectivity index (χ1) is 15.1. The summed E-state index contributed by atoms with van der Waals surface area (Å²) in [6.45, 7) is 6.19. The average molecular weight is 438 g/mol. The number of amides is 1. The second-order valence-electron chi connectivity index (χ2n) is 7.83. The maximum Gasteiger partial charge on any atom is 0.231 e. The Kier molecular flexibility index (Phi) is 6.76. The zero-order valence-electron chi connectivity index (χ0n) is 17.9. The van der Waals surface area contributed by atoms with Gasteiger partial charge in [-0.05, 0) is 56.0 Å². The number of ether oxygens (including phenoxy) is 1. The van der Waals surface area contributed by atoms with E-state index >= 15 is 0 Å². The first-order valence-electron chi connectivity index (χ1n) is 10.6. The van der Waals surface area contributed by atoms with Crippen LogP contribution in [0.25, 0.3) is 0 Å². The Bertz CT molecular complexity index is 1020. The Morgan fingerprint density at radius 3 is 3.00 bits per heavy atom. The van der Waals surface area contributed by atoms with Crippen LogP contribution in [0.3, 0.4) is 0 Å². The predicted octanol–water partition coefficient (Wildman–Crippen LogP) is 4.03. The fourth-order valence-corrected chi connectivity index (χ4v) is 4.39. The average Bonchev–Trinajstić information content (AvgIpc) is 3.24. The molecule has 7 nitrogen and oxygen atoms in total. The number of pyridine rings is 1. The van der Waals surface area contributed by atoms with E-state index < -0.39 is 0 Å². The number of hydrogen-bond donors (Lipinski definition) is 1. The summed E-state index contributed by atoms with van der Waals surface area (Å²) in [5, 5.41) is 12.7. The summed E-state index contributed by atoms with van der Waals surface area (Å²) in [4.78, 5) is 19.4. The Morgan fingerprint density at radius 2 is 2.16 bits per heavy atom. The van der Waals surface area contributed by atoms with Crippen molar-refractivity contribution in [2.45, 2.75) is 33.1 Å². The SMILES string of the molecule is Cc1ccc(C)c(OCCc2nnc(NC(=O)C3CCCN(c4ccccn4)C3)s2)c1. The molecular weight excluding hydrogens is 410 g/mol. The van der Waals surface area contributed by atoms with Gasteiger partial charge < -0.3 is 15.0 Å². The van der Waals surface area contributed by atoms with E-state index in [1.165, 1.54) is 16.9 Å². The highest BCUT2D eigenvalue weighted by Gasteiger charge is 2.27. The summed E-state index contributed by atoms with van der Waals surface area (Å²) in [6.07, 6.45) is 4.26. The normalized spacial score (nSPS) is 16.2. The number of nitrogens with zero attached hydrogens (tertiary/aromatic N) is 4. The third-order valence-corrected chi connectivity index (χ3v) is 6.28. The van der Waals surface area contributed by atoms with E-state index in [9.17, 15) is 4.79 Å². The fourth-order valence-electron chi connectivity index (χ4n) is 3.66. The second kappa shape index (κ2) is 9.87. The van der Waals surface area contributed by atoms with Crippen LogP contribution in [0.15, 0.2) is 42.6 Å². The van der Waals surface area contributed by atoms with Gasteiger partial charge in [0.25, 0.3) is 0 Å². The maximum absolute atomic E-state index is 12.8. The molecule has 1 atom stereocenters. The van der Waals surface area contributed by atoms with Crippen LogP contribution >= 0.6 is 11.3 Å². The molecule has 2 aromatic heterocycles. The number of nitrogens with one attached hydrogen (secondary N) is 1. The summed E-state index contributed by atoms with van der Waals surface area (Å²) in [6, 6.07) is 12.0. The summed E-state index contributed by atoms with van der Waals surface area (Å²) in [7, 11) is 0. The molecule has 1 fully saturated rings. The quantitative estimate of drug-likeness (QED) is 0.601. The Balaban J connectivity index is 1.28. The van der Waals surface area contributed by atoms with E-state index in [4.69, 9.17) is 4.74 Å². The van der Waals surface area contributed by atoms with Crippen molar-refractivity contribution in [2.75, 3.05) is 29.9 Å². The van der Waals surface area contributed by atoms with Crippen molar-refractivity contribution < 1.29 is 9.53 Å². The highest BCUT2D eigenvalue weighted by Crippen LogP contribution is 2.24. The van der Waals surface area contributed by atoms with Crippen molar-refractivity contribution >= 4 is 28.2 Å². The van der Waals surface area contributed by atoms with Crippen molar-refractivity contribution in [2.24, 2.45) is 5.92 Å². The van der Waals surface area contributed by atoms with Crippen LogP contribution in [0.5, 0.6) is 5.75 Å². The smallest absolute Gasteiger partial charge is 0.231 e. The van der Waals surface area contributed by atoms with Crippen molar-refractivity contribution in [3.8, 4) is 5.75 Å². The monoisotopic (exact) mass is 437 g/mol. The third-order valence-electron chi connectivity index (χ3n) is 5.38. The van der Waals surface area contributed by atoms with Crippen LogP contribution < -0.4 is 15.0 Å². The van der Waals surface area contributed by atoms with E-state index in [0.717, 1.165) is 41.5 Å². The van der Waals surface area contributed by atoms with Gasteiger partial charge in [-0.25, -0.2) is 4.98 Å². The number of carbonyl (C=O) groups excluding carboxylic acids is 1. The molecule has 0 aliphatic carbocycles. The van der Waals surface area contributed by atoms with Crippen LogP contribution in [0.4, 0.5) is 10.9 Å². The minimum Gasteiger partial charge on any atom is -0.493 e. The molecule has 1 aliphatic heterocycles. The van der Waals surface area contributed by atoms with Gasteiger partial charge in [0.2, 0.25) is 11.0 Å². The Morgan fingerprint density at radius 1 is 1.26 bits per heavy atom. The molecule has 1 unspecified atom stereocenters. The van der Waals surface area contributed by atoms with Crippen molar-refractivity contribution in [1.82, 2.24) is 15.2 Å². The molecule has 1 amide bonds. The molecule has 0 saturated carbocycles. The Hall–Kier alpha value is -3.00. The number of carbonyl (C=O) groups is 1. The van der Waals surface area contributed by atoms with Crippen molar-refractivity contribution in [1.29, 1.82) is 0 Å². The largest absolute Gasteiger partial charge is 0.493 e. The summed E-state index contributed by atoms with van der Waals surface area (Å²) >= 11 is 1.40. The molecule has 1 saturated heterocycles. The number of aryl methyl sites for hydroxylation is 2. The van der Waals surface area contributed by atoms with Gasteiger partial charge in [0.15, 0.2) is 0 Å². The number of benzene rings is 1. The number of piperidine rings is 1. The van der Waals surface area contributed by atoms with E-state index in [0.29, 0.717) is 24.7 Å². The molecule has 0 bridgehead atoms. The second-order valence-corrected chi connectivity index (χ2v) is 8.89. The van der Waals surface area contributed by atoms with Gasteiger partial charge >= 0.3 is 0 Å². The van der Waals surface area contributed by atoms with Crippen LogP contribution in [-0.2, 0) is 11.2 Å². The standard InChI is InChI=1S/C23H27N5O2S/c1-16-8-9-17(2)19(14-16)30-13-10-21-26-27-23(31-21)25-22(29)18-6-5-12-28(15-18)20-7-3-4-11-24-20/h3-4,7-9,11,14,18H,5-6,10,12-13,15H2,1-2H3,(H,25,27,29). The minimum atomic E-state index is -0.0873. The van der Waals surface area contributed by atoms with Crippen LogP contribution in [0.1, 0.15) is 29.0 Å². The molecule has 8 heteroatoms. The molecule has 1 aliphatic rings. The van der Waals surface area contributed by atoms with Gasteiger partial charge in [-0.1, -0.05) is 29.5 Å². The summed E-state index contributed by atoms with van der Waals surface area (Å²) in [5.74, 6) is 1.72. The molecule has 1 aromatic carbocycles. The van der Waals surface area contributed by atoms with E-state index in [1.807, 2.05) is 38.1 Å². The van der Waals surface area contributed by atoms with Gasteiger partial charge in [-0.3, -0.25) is 4.79 Å². The first-order valence-corrected chi connectivity index (χ1v) is 11.4. The molecule has 31 heavy (non-hydrogen) atoms. The zero-order valence-corrected chi connectivity index (χ0v) is 18.7. The zero-order chi connectivity index (χ0) is 21.6. The van der Waals surface area contributed by atoms with Gasteiger partial charge in [0.1, 0.15) is 16.6 Å². The molecule has 1 N–H and O–H groups in total. The van der Waals surface area contributed by atoms with Crippen LogP contribution in [-0.4, -0.2) is 40.8 Å². The summed E-state index contributed by atoms with van der Waals surface area (Å²) < 4.78 is 5.90. The third kappa shape index (κ3) is 5.58. The lowest BCUT2D eigenvalue weighted by atomic mass is 9.97. The molecule has 4 rings (SSSR count). The van der Waals surface area contributed by atoms with Gasteiger partial charge in [-0.15, -0.1) is 10.2 Å².